The summed E-state index contributed by atoms with van der Waals surface area (Å²) in [5.74, 6) is -0.242. The van der Waals surface area contributed by atoms with E-state index in [9.17, 15) is 9.59 Å². The van der Waals surface area contributed by atoms with Crippen molar-refractivity contribution >= 4 is 28.3 Å². The first-order chi connectivity index (χ1) is 11.6. The fourth-order valence-corrected chi connectivity index (χ4v) is 3.11. The summed E-state index contributed by atoms with van der Waals surface area (Å²) in [6, 6.07) is 9.90. The zero-order valence-electron chi connectivity index (χ0n) is 13.7. The number of rotatable bonds is 10. The lowest BCUT2D eigenvalue weighted by Crippen LogP contribution is -2.11. The summed E-state index contributed by atoms with van der Waals surface area (Å²) in [7, 11) is 0. The Hall–Kier alpha value is -2.21. The van der Waals surface area contributed by atoms with Crippen LogP contribution in [0.4, 0.5) is 5.13 Å². The first kappa shape index (κ1) is 18.1. The van der Waals surface area contributed by atoms with Crippen molar-refractivity contribution in [2.45, 2.75) is 44.9 Å². The maximum absolute atomic E-state index is 11.9. The van der Waals surface area contributed by atoms with Crippen LogP contribution in [0.15, 0.2) is 35.7 Å². The van der Waals surface area contributed by atoms with Gasteiger partial charge >= 0.3 is 0 Å². The molecule has 0 unspecified atom stereocenters. The summed E-state index contributed by atoms with van der Waals surface area (Å²) in [5, 5.41) is 5.44. The molecule has 0 saturated carbocycles. The average molecular weight is 345 g/mol. The Kier molecular flexibility index (Phi) is 7.42. The Balaban J connectivity index is 1.64. The first-order valence-corrected chi connectivity index (χ1v) is 9.12. The molecule has 5 nitrogen and oxygen atoms in total. The maximum Gasteiger partial charge on any atom is 0.226 e. The van der Waals surface area contributed by atoms with E-state index in [-0.39, 0.29) is 11.8 Å². The standard InChI is InChI=1S/C18H23N3O2S/c19-16(22)11-7-2-1-3-8-12-17(23)21-18-20-15(13-24-18)14-9-5-4-6-10-14/h4-6,9-10,13H,1-3,7-8,11-12H2,(H2,19,22)(H,20,21,23). The van der Waals surface area contributed by atoms with E-state index in [1.54, 1.807) is 0 Å². The van der Waals surface area contributed by atoms with Crippen LogP contribution in [0.1, 0.15) is 44.9 Å². The predicted octanol–water partition coefficient (Wildman–Crippen LogP) is 3.96. The molecule has 0 aliphatic heterocycles. The molecule has 0 bridgehead atoms. The highest BCUT2D eigenvalue weighted by Gasteiger charge is 2.07. The quantitative estimate of drug-likeness (QED) is 0.639. The van der Waals surface area contributed by atoms with Gasteiger partial charge in [-0.2, -0.15) is 0 Å². The highest BCUT2D eigenvalue weighted by molar-refractivity contribution is 7.14. The Bertz CT molecular complexity index is 655. The third-order valence-electron chi connectivity index (χ3n) is 3.65. The first-order valence-electron chi connectivity index (χ1n) is 8.24. The molecule has 0 aliphatic rings. The van der Waals surface area contributed by atoms with E-state index in [0.29, 0.717) is 18.0 Å². The van der Waals surface area contributed by atoms with Gasteiger partial charge in [0.25, 0.3) is 0 Å². The fourth-order valence-electron chi connectivity index (χ4n) is 2.37. The van der Waals surface area contributed by atoms with Crippen LogP contribution in [0, 0.1) is 0 Å². The number of anilines is 1. The Morgan fingerprint density at radius 2 is 1.67 bits per heavy atom. The molecule has 0 atom stereocenters. The summed E-state index contributed by atoms with van der Waals surface area (Å²) in [6.45, 7) is 0. The Morgan fingerprint density at radius 3 is 2.38 bits per heavy atom. The average Bonchev–Trinajstić information content (AvgIpc) is 3.03. The molecule has 1 aromatic carbocycles. The number of thiazole rings is 1. The second-order valence-corrected chi connectivity index (χ2v) is 6.54. The number of carbonyl (C=O) groups excluding carboxylic acids is 2. The van der Waals surface area contributed by atoms with E-state index in [1.165, 1.54) is 11.3 Å². The van der Waals surface area contributed by atoms with Gasteiger partial charge in [0.2, 0.25) is 11.8 Å². The Labute approximate surface area is 146 Å². The highest BCUT2D eigenvalue weighted by atomic mass is 32.1. The van der Waals surface area contributed by atoms with Crippen molar-refractivity contribution in [1.82, 2.24) is 4.98 Å². The van der Waals surface area contributed by atoms with Gasteiger partial charge in [0.15, 0.2) is 5.13 Å². The van der Waals surface area contributed by atoms with Gasteiger partial charge < -0.3 is 11.1 Å². The minimum absolute atomic E-state index is 0.00102. The van der Waals surface area contributed by atoms with Gasteiger partial charge in [0.05, 0.1) is 5.69 Å². The smallest absolute Gasteiger partial charge is 0.226 e. The number of aromatic nitrogens is 1. The van der Waals surface area contributed by atoms with E-state index in [0.717, 1.165) is 43.4 Å². The normalized spacial score (nSPS) is 10.5. The number of primary amides is 1. The van der Waals surface area contributed by atoms with Crippen LogP contribution < -0.4 is 11.1 Å². The van der Waals surface area contributed by atoms with Gasteiger partial charge in [0.1, 0.15) is 0 Å². The van der Waals surface area contributed by atoms with Crippen LogP contribution in [0.3, 0.4) is 0 Å². The lowest BCUT2D eigenvalue weighted by molar-refractivity contribution is -0.118. The van der Waals surface area contributed by atoms with Crippen LogP contribution in [0.5, 0.6) is 0 Å². The molecule has 0 radical (unpaired) electrons. The third kappa shape index (κ3) is 6.50. The second-order valence-electron chi connectivity index (χ2n) is 5.69. The largest absolute Gasteiger partial charge is 0.370 e. The van der Waals surface area contributed by atoms with E-state index in [4.69, 9.17) is 5.73 Å². The summed E-state index contributed by atoms with van der Waals surface area (Å²) in [4.78, 5) is 27.0. The lowest BCUT2D eigenvalue weighted by Gasteiger charge is -2.02. The van der Waals surface area contributed by atoms with E-state index in [2.05, 4.69) is 10.3 Å². The number of nitrogens with two attached hydrogens (primary N) is 1. The number of amides is 2. The monoisotopic (exact) mass is 345 g/mol. The molecule has 2 rings (SSSR count). The summed E-state index contributed by atoms with van der Waals surface area (Å²) in [6.07, 6.45) is 5.62. The van der Waals surface area contributed by atoms with Crippen molar-refractivity contribution in [3.05, 3.63) is 35.7 Å². The number of nitrogens with one attached hydrogen (secondary N) is 1. The molecule has 128 valence electrons. The minimum Gasteiger partial charge on any atom is -0.370 e. The Morgan fingerprint density at radius 1 is 1.00 bits per heavy atom. The number of carbonyl (C=O) groups is 2. The highest BCUT2D eigenvalue weighted by Crippen LogP contribution is 2.24. The molecule has 2 amide bonds. The molecule has 1 heterocycles. The molecule has 0 spiro atoms. The fraction of sp³-hybridized carbons (Fsp3) is 0.389. The van der Waals surface area contributed by atoms with Crippen molar-refractivity contribution in [2.75, 3.05) is 5.32 Å². The van der Waals surface area contributed by atoms with Gasteiger partial charge in [-0.15, -0.1) is 11.3 Å². The van der Waals surface area contributed by atoms with Gasteiger partial charge in [0, 0.05) is 23.8 Å². The summed E-state index contributed by atoms with van der Waals surface area (Å²) >= 11 is 1.44. The van der Waals surface area contributed by atoms with E-state index < -0.39 is 0 Å². The molecule has 1 aromatic heterocycles. The van der Waals surface area contributed by atoms with Gasteiger partial charge in [-0.3, -0.25) is 9.59 Å². The molecule has 6 heteroatoms. The van der Waals surface area contributed by atoms with Crippen LogP contribution in [-0.4, -0.2) is 16.8 Å². The number of unbranched alkanes of at least 4 members (excludes halogenated alkanes) is 4. The lowest BCUT2D eigenvalue weighted by atomic mass is 10.1. The number of nitrogens with zero attached hydrogens (tertiary/aromatic N) is 1. The molecule has 2 aromatic rings. The van der Waals surface area contributed by atoms with Crippen molar-refractivity contribution in [3.63, 3.8) is 0 Å². The van der Waals surface area contributed by atoms with Crippen molar-refractivity contribution in [1.29, 1.82) is 0 Å². The molecular formula is C18H23N3O2S. The minimum atomic E-state index is -0.243. The van der Waals surface area contributed by atoms with Gasteiger partial charge in [-0.25, -0.2) is 4.98 Å². The van der Waals surface area contributed by atoms with Crippen molar-refractivity contribution in [3.8, 4) is 11.3 Å². The zero-order valence-corrected chi connectivity index (χ0v) is 14.5. The topological polar surface area (TPSA) is 85.1 Å². The van der Waals surface area contributed by atoms with Crippen LogP contribution >= 0.6 is 11.3 Å². The SMILES string of the molecule is NC(=O)CCCCCCCC(=O)Nc1nc(-c2ccccc2)cs1. The second kappa shape index (κ2) is 9.82. The maximum atomic E-state index is 11.9. The van der Waals surface area contributed by atoms with Crippen molar-refractivity contribution < 1.29 is 9.59 Å². The molecule has 0 aliphatic carbocycles. The number of hydrogen-bond donors (Lipinski definition) is 2. The molecule has 0 fully saturated rings. The van der Waals surface area contributed by atoms with E-state index >= 15 is 0 Å². The number of benzene rings is 1. The van der Waals surface area contributed by atoms with Crippen molar-refractivity contribution in [2.24, 2.45) is 5.73 Å². The summed E-state index contributed by atoms with van der Waals surface area (Å²) < 4.78 is 0. The number of hydrogen-bond acceptors (Lipinski definition) is 4. The van der Waals surface area contributed by atoms with Gasteiger partial charge in [-0.1, -0.05) is 49.6 Å². The van der Waals surface area contributed by atoms with Crippen LogP contribution in [0.25, 0.3) is 11.3 Å². The van der Waals surface area contributed by atoms with Crippen LogP contribution in [-0.2, 0) is 9.59 Å². The van der Waals surface area contributed by atoms with E-state index in [1.807, 2.05) is 35.7 Å². The molecule has 3 N–H and O–H groups in total. The zero-order chi connectivity index (χ0) is 17.2. The molecule has 0 saturated heterocycles. The van der Waals surface area contributed by atoms with Crippen LogP contribution in [0.2, 0.25) is 0 Å². The summed E-state index contributed by atoms with van der Waals surface area (Å²) in [5.41, 5.74) is 7.01. The van der Waals surface area contributed by atoms with Gasteiger partial charge in [-0.05, 0) is 12.8 Å². The molecular weight excluding hydrogens is 322 g/mol. The predicted molar refractivity (Wildman–Crippen MR) is 97.7 cm³/mol. The molecule has 24 heavy (non-hydrogen) atoms. The third-order valence-corrected chi connectivity index (χ3v) is 4.40.